The van der Waals surface area contributed by atoms with E-state index in [1.165, 1.54) is 0 Å². The van der Waals surface area contributed by atoms with Gasteiger partial charge in [0.25, 0.3) is 5.91 Å². The van der Waals surface area contributed by atoms with Crippen molar-refractivity contribution in [3.8, 4) is 0 Å². The van der Waals surface area contributed by atoms with Crippen molar-refractivity contribution in [3.63, 3.8) is 0 Å². The Morgan fingerprint density at radius 2 is 2.00 bits per heavy atom. The zero-order valence-electron chi connectivity index (χ0n) is 12.9. The van der Waals surface area contributed by atoms with Gasteiger partial charge in [0, 0.05) is 56.1 Å². The molecule has 5 nitrogen and oxygen atoms in total. The van der Waals surface area contributed by atoms with E-state index in [0.29, 0.717) is 0 Å². The molecule has 0 N–H and O–H groups in total. The van der Waals surface area contributed by atoms with E-state index in [9.17, 15) is 4.79 Å². The molecule has 112 valence electrons. The monoisotopic (exact) mass is 294 g/mol. The molecule has 2 heterocycles. The van der Waals surface area contributed by atoms with Crippen molar-refractivity contribution in [3.05, 3.63) is 54.5 Å². The lowest BCUT2D eigenvalue weighted by atomic mass is 10.1. The third-order valence-electron chi connectivity index (χ3n) is 3.74. The second kappa shape index (κ2) is 5.52. The van der Waals surface area contributed by atoms with E-state index in [-0.39, 0.29) is 5.91 Å². The standard InChI is InChI=1S/C17H18N4O/c1-19-11-13(15-6-4-5-7-16(15)19)8-9-17(22)21(3)14-10-18-20(2)12-14/h4-12H,1-3H3/b9-8+. The second-order valence-corrected chi connectivity index (χ2v) is 5.32. The Bertz CT molecular complexity index is 857. The van der Waals surface area contributed by atoms with Gasteiger partial charge in [-0.2, -0.15) is 5.10 Å². The fourth-order valence-corrected chi connectivity index (χ4v) is 2.49. The zero-order chi connectivity index (χ0) is 15.7. The molecule has 0 aliphatic heterocycles. The molecular weight excluding hydrogens is 276 g/mol. The average Bonchev–Trinajstić information content (AvgIpc) is 3.09. The van der Waals surface area contributed by atoms with Crippen LogP contribution < -0.4 is 4.90 Å². The summed E-state index contributed by atoms with van der Waals surface area (Å²) in [5.74, 6) is -0.0825. The molecule has 0 bridgehead atoms. The number of amides is 1. The molecule has 5 heteroatoms. The van der Waals surface area contributed by atoms with Crippen LogP contribution in [-0.2, 0) is 18.9 Å². The van der Waals surface area contributed by atoms with Crippen LogP contribution in [0.2, 0.25) is 0 Å². The second-order valence-electron chi connectivity index (χ2n) is 5.32. The van der Waals surface area contributed by atoms with Gasteiger partial charge in [-0.05, 0) is 12.1 Å². The first-order valence-electron chi connectivity index (χ1n) is 7.05. The summed E-state index contributed by atoms with van der Waals surface area (Å²) < 4.78 is 3.73. The quantitative estimate of drug-likeness (QED) is 0.697. The molecular formula is C17H18N4O. The van der Waals surface area contributed by atoms with Gasteiger partial charge < -0.3 is 9.47 Å². The number of hydrogen-bond donors (Lipinski definition) is 0. The van der Waals surface area contributed by atoms with Crippen LogP contribution in [0.3, 0.4) is 0 Å². The SMILES string of the molecule is CN(C(=O)/C=C/c1cn(C)c2ccccc12)c1cnn(C)c1. The van der Waals surface area contributed by atoms with E-state index < -0.39 is 0 Å². The van der Waals surface area contributed by atoms with Crippen LogP contribution in [0.4, 0.5) is 5.69 Å². The zero-order valence-corrected chi connectivity index (χ0v) is 12.9. The Morgan fingerprint density at radius 1 is 1.23 bits per heavy atom. The Hall–Kier alpha value is -2.82. The first-order chi connectivity index (χ1) is 10.6. The molecule has 0 unspecified atom stereocenters. The van der Waals surface area contributed by atoms with Crippen molar-refractivity contribution in [1.82, 2.24) is 14.3 Å². The number of likely N-dealkylation sites (N-methyl/N-ethyl adjacent to an activating group) is 1. The van der Waals surface area contributed by atoms with Crippen LogP contribution in [-0.4, -0.2) is 27.3 Å². The van der Waals surface area contributed by atoms with Gasteiger partial charge in [0.05, 0.1) is 11.9 Å². The van der Waals surface area contributed by atoms with Crippen molar-refractivity contribution in [1.29, 1.82) is 0 Å². The largest absolute Gasteiger partial charge is 0.350 e. The molecule has 0 saturated heterocycles. The maximum absolute atomic E-state index is 12.3. The van der Waals surface area contributed by atoms with E-state index in [4.69, 9.17) is 0 Å². The molecule has 3 aromatic rings. The number of hydrogen-bond acceptors (Lipinski definition) is 2. The number of carbonyl (C=O) groups is 1. The van der Waals surface area contributed by atoms with Gasteiger partial charge in [0.15, 0.2) is 0 Å². The van der Waals surface area contributed by atoms with Crippen LogP contribution in [0, 0.1) is 0 Å². The molecule has 0 aliphatic rings. The van der Waals surface area contributed by atoms with Crippen molar-refractivity contribution in [2.24, 2.45) is 14.1 Å². The number of aryl methyl sites for hydroxylation is 2. The van der Waals surface area contributed by atoms with Crippen molar-refractivity contribution in [2.45, 2.75) is 0 Å². The van der Waals surface area contributed by atoms with Crippen LogP contribution in [0.15, 0.2) is 48.9 Å². The highest BCUT2D eigenvalue weighted by Gasteiger charge is 2.10. The molecule has 0 saturated carbocycles. The average molecular weight is 294 g/mol. The summed E-state index contributed by atoms with van der Waals surface area (Å²) in [7, 11) is 5.57. The minimum Gasteiger partial charge on any atom is -0.350 e. The van der Waals surface area contributed by atoms with Crippen LogP contribution in [0.25, 0.3) is 17.0 Å². The fourth-order valence-electron chi connectivity index (χ4n) is 2.49. The number of rotatable bonds is 3. The maximum atomic E-state index is 12.3. The van der Waals surface area contributed by atoms with E-state index in [1.54, 1.807) is 28.9 Å². The summed E-state index contributed by atoms with van der Waals surface area (Å²) in [4.78, 5) is 13.8. The highest BCUT2D eigenvalue weighted by atomic mass is 16.2. The molecule has 0 spiro atoms. The van der Waals surface area contributed by atoms with E-state index in [0.717, 1.165) is 22.2 Å². The molecule has 1 amide bonds. The van der Waals surface area contributed by atoms with Gasteiger partial charge in [0.2, 0.25) is 0 Å². The minimum atomic E-state index is -0.0825. The van der Waals surface area contributed by atoms with Gasteiger partial charge in [-0.3, -0.25) is 9.48 Å². The Kier molecular flexibility index (Phi) is 3.55. The Labute approximate surface area is 129 Å². The predicted molar refractivity (Wildman–Crippen MR) is 88.6 cm³/mol. The van der Waals surface area contributed by atoms with Crippen molar-refractivity contribution >= 4 is 28.6 Å². The summed E-state index contributed by atoms with van der Waals surface area (Å²) in [6.07, 6.45) is 8.96. The Morgan fingerprint density at radius 3 is 2.73 bits per heavy atom. The van der Waals surface area contributed by atoms with Gasteiger partial charge in [0.1, 0.15) is 0 Å². The third kappa shape index (κ3) is 2.53. The fraction of sp³-hybridized carbons (Fsp3) is 0.176. The van der Waals surface area contributed by atoms with Crippen molar-refractivity contribution < 1.29 is 4.79 Å². The van der Waals surface area contributed by atoms with E-state index >= 15 is 0 Å². The number of fused-ring (bicyclic) bond motifs is 1. The van der Waals surface area contributed by atoms with Crippen LogP contribution >= 0.6 is 0 Å². The van der Waals surface area contributed by atoms with E-state index in [2.05, 4.69) is 21.8 Å². The third-order valence-corrected chi connectivity index (χ3v) is 3.74. The van der Waals surface area contributed by atoms with Crippen molar-refractivity contribution in [2.75, 3.05) is 11.9 Å². The molecule has 0 fully saturated rings. The molecule has 1 aromatic carbocycles. The molecule has 3 rings (SSSR count). The lowest BCUT2D eigenvalue weighted by Gasteiger charge is -2.11. The number of para-hydroxylation sites is 1. The summed E-state index contributed by atoms with van der Waals surface area (Å²) in [6.45, 7) is 0. The van der Waals surface area contributed by atoms with Crippen LogP contribution in [0.1, 0.15) is 5.56 Å². The lowest BCUT2D eigenvalue weighted by molar-refractivity contribution is -0.113. The van der Waals surface area contributed by atoms with Gasteiger partial charge in [-0.25, -0.2) is 0 Å². The highest BCUT2D eigenvalue weighted by molar-refractivity contribution is 6.04. The number of aromatic nitrogens is 3. The normalized spacial score (nSPS) is 11.4. The molecule has 0 aliphatic carbocycles. The minimum absolute atomic E-state index is 0.0825. The maximum Gasteiger partial charge on any atom is 0.250 e. The van der Waals surface area contributed by atoms with Gasteiger partial charge in [-0.1, -0.05) is 18.2 Å². The highest BCUT2D eigenvalue weighted by Crippen LogP contribution is 2.21. The first-order valence-corrected chi connectivity index (χ1v) is 7.05. The van der Waals surface area contributed by atoms with Gasteiger partial charge in [-0.15, -0.1) is 0 Å². The van der Waals surface area contributed by atoms with Crippen LogP contribution in [0.5, 0.6) is 0 Å². The number of benzene rings is 1. The molecule has 2 aromatic heterocycles. The number of carbonyl (C=O) groups excluding carboxylic acids is 1. The molecule has 22 heavy (non-hydrogen) atoms. The van der Waals surface area contributed by atoms with E-state index in [1.807, 2.05) is 44.7 Å². The number of nitrogens with zero attached hydrogens (tertiary/aromatic N) is 4. The number of anilines is 1. The summed E-state index contributed by atoms with van der Waals surface area (Å²) in [5, 5.41) is 5.22. The smallest absolute Gasteiger partial charge is 0.250 e. The summed E-state index contributed by atoms with van der Waals surface area (Å²) in [6, 6.07) is 8.14. The molecule has 0 radical (unpaired) electrons. The summed E-state index contributed by atoms with van der Waals surface area (Å²) in [5.41, 5.74) is 2.95. The Balaban J connectivity index is 1.85. The van der Waals surface area contributed by atoms with Gasteiger partial charge >= 0.3 is 0 Å². The predicted octanol–water partition coefficient (Wildman–Crippen LogP) is 2.59. The molecule has 0 atom stereocenters. The summed E-state index contributed by atoms with van der Waals surface area (Å²) >= 11 is 0. The topological polar surface area (TPSA) is 43.1 Å². The first kappa shape index (κ1) is 14.1. The lowest BCUT2D eigenvalue weighted by Crippen LogP contribution is -2.23.